The lowest BCUT2D eigenvalue weighted by Gasteiger charge is -2.10. The van der Waals surface area contributed by atoms with Gasteiger partial charge in [-0.3, -0.25) is 0 Å². The van der Waals surface area contributed by atoms with Crippen LogP contribution in [0.25, 0.3) is 0 Å². The summed E-state index contributed by atoms with van der Waals surface area (Å²) in [5, 5.41) is 0.378. The van der Waals surface area contributed by atoms with Gasteiger partial charge in [-0.2, -0.15) is 13.2 Å². The lowest BCUT2D eigenvalue weighted by Crippen LogP contribution is -2.12. The van der Waals surface area contributed by atoms with Gasteiger partial charge in [-0.25, -0.2) is 13.2 Å². The highest BCUT2D eigenvalue weighted by molar-refractivity contribution is 7.94. The van der Waals surface area contributed by atoms with Gasteiger partial charge in [0, 0.05) is 11.5 Å². The molecule has 8 heteroatoms. The minimum atomic E-state index is -4.80. The molecule has 0 N–H and O–H groups in total. The fraction of sp³-hybridized carbons (Fsp3) is 0.182. The van der Waals surface area contributed by atoms with Crippen LogP contribution in [0.4, 0.5) is 13.2 Å². The molecule has 0 heterocycles. The van der Waals surface area contributed by atoms with Crippen molar-refractivity contribution in [3.05, 3.63) is 41.3 Å². The molecular weight excluding hydrogens is 285 g/mol. The summed E-state index contributed by atoms with van der Waals surface area (Å²) in [5.41, 5.74) is -1.29. The zero-order chi connectivity index (χ0) is 14.7. The lowest BCUT2D eigenvalue weighted by atomic mass is 10.2. The van der Waals surface area contributed by atoms with Crippen LogP contribution >= 0.6 is 0 Å². The molecule has 0 saturated carbocycles. The average Bonchev–Trinajstić information content (AvgIpc) is 2.35. The first-order valence-electron chi connectivity index (χ1n) is 4.86. The van der Waals surface area contributed by atoms with Crippen LogP contribution in [0.3, 0.4) is 0 Å². The largest absolute Gasteiger partial charge is 0.466 e. The van der Waals surface area contributed by atoms with E-state index in [4.69, 9.17) is 0 Å². The fourth-order valence-corrected chi connectivity index (χ4v) is 2.43. The molecule has 0 spiro atoms. The van der Waals surface area contributed by atoms with Gasteiger partial charge in [-0.15, -0.1) is 0 Å². The Kier molecular flexibility index (Phi) is 4.35. The Labute approximate surface area is 107 Å². The summed E-state index contributed by atoms with van der Waals surface area (Å²) in [7, 11) is -3.36. The standard InChI is InChI=1S/C11H9F3O4S/c1-18-10(15)6-7-19(16,17)9-5-3-2-4-8(9)11(12,13)14/h2-7H,1H3/b7-6+. The number of carbonyl (C=O) groups excluding carboxylic acids is 1. The number of esters is 1. The molecule has 4 nitrogen and oxygen atoms in total. The van der Waals surface area contributed by atoms with E-state index in [1.54, 1.807) is 0 Å². The van der Waals surface area contributed by atoms with Crippen molar-refractivity contribution in [2.75, 3.05) is 7.11 Å². The Bertz CT molecular complexity index is 603. The van der Waals surface area contributed by atoms with Crippen molar-refractivity contribution in [3.63, 3.8) is 0 Å². The third-order valence-corrected chi connectivity index (χ3v) is 3.55. The molecule has 0 aromatic heterocycles. The topological polar surface area (TPSA) is 60.4 Å². The average molecular weight is 294 g/mol. The zero-order valence-electron chi connectivity index (χ0n) is 9.64. The second-order valence-electron chi connectivity index (χ2n) is 3.36. The second-order valence-corrected chi connectivity index (χ2v) is 5.17. The van der Waals surface area contributed by atoms with Crippen LogP contribution in [0.5, 0.6) is 0 Å². The van der Waals surface area contributed by atoms with Gasteiger partial charge in [0.25, 0.3) is 0 Å². The number of carbonyl (C=O) groups is 1. The third kappa shape index (κ3) is 3.82. The number of alkyl halides is 3. The van der Waals surface area contributed by atoms with Gasteiger partial charge >= 0.3 is 12.1 Å². The van der Waals surface area contributed by atoms with Gasteiger partial charge in [0.1, 0.15) is 0 Å². The van der Waals surface area contributed by atoms with Crippen LogP contribution in [0.2, 0.25) is 0 Å². The predicted octanol–water partition coefficient (Wildman–Crippen LogP) is 2.17. The second kappa shape index (κ2) is 5.43. The first-order valence-corrected chi connectivity index (χ1v) is 6.40. The number of hydrogen-bond donors (Lipinski definition) is 0. The molecule has 104 valence electrons. The maximum Gasteiger partial charge on any atom is 0.417 e. The van der Waals surface area contributed by atoms with Crippen LogP contribution in [0, 0.1) is 0 Å². The molecule has 0 bridgehead atoms. The Hall–Kier alpha value is -1.83. The molecule has 0 aliphatic rings. The Morgan fingerprint density at radius 2 is 1.84 bits per heavy atom. The molecule has 0 saturated heterocycles. The molecule has 0 unspecified atom stereocenters. The number of benzene rings is 1. The molecule has 0 amide bonds. The summed E-state index contributed by atoms with van der Waals surface area (Å²) in [4.78, 5) is 9.86. The monoisotopic (exact) mass is 294 g/mol. The minimum absolute atomic E-state index is 0.378. The van der Waals surface area contributed by atoms with E-state index >= 15 is 0 Å². The van der Waals surface area contributed by atoms with Gasteiger partial charge < -0.3 is 4.74 Å². The summed E-state index contributed by atoms with van der Waals surface area (Å²) in [6, 6.07) is 3.71. The maximum atomic E-state index is 12.7. The van der Waals surface area contributed by atoms with E-state index in [1.807, 2.05) is 0 Å². The first kappa shape index (κ1) is 15.2. The first-order chi connectivity index (χ1) is 8.68. The summed E-state index contributed by atoms with van der Waals surface area (Å²) >= 11 is 0. The molecule has 1 rings (SSSR count). The summed E-state index contributed by atoms with van der Waals surface area (Å²) in [6.45, 7) is 0. The predicted molar refractivity (Wildman–Crippen MR) is 59.8 cm³/mol. The molecule has 19 heavy (non-hydrogen) atoms. The van der Waals surface area contributed by atoms with Crippen LogP contribution in [-0.4, -0.2) is 21.5 Å². The van der Waals surface area contributed by atoms with Crippen molar-refractivity contribution >= 4 is 15.8 Å². The van der Waals surface area contributed by atoms with Gasteiger partial charge in [0.05, 0.1) is 17.6 Å². The van der Waals surface area contributed by atoms with Crippen LogP contribution in [0.15, 0.2) is 40.6 Å². The van der Waals surface area contributed by atoms with Gasteiger partial charge in [-0.05, 0) is 12.1 Å². The van der Waals surface area contributed by atoms with E-state index in [0.717, 1.165) is 25.3 Å². The van der Waals surface area contributed by atoms with E-state index in [2.05, 4.69) is 4.74 Å². The number of rotatable bonds is 3. The Morgan fingerprint density at radius 3 is 2.37 bits per heavy atom. The Morgan fingerprint density at radius 1 is 1.26 bits per heavy atom. The van der Waals surface area contributed by atoms with Crippen molar-refractivity contribution in [2.45, 2.75) is 11.1 Å². The quantitative estimate of drug-likeness (QED) is 0.633. The summed E-state index contributed by atoms with van der Waals surface area (Å²) in [6.07, 6.45) is -4.26. The zero-order valence-corrected chi connectivity index (χ0v) is 10.5. The lowest BCUT2D eigenvalue weighted by molar-refractivity contribution is -0.140. The Balaban J connectivity index is 3.31. The molecule has 0 aliphatic heterocycles. The van der Waals surface area contributed by atoms with E-state index in [-0.39, 0.29) is 0 Å². The molecule has 1 aromatic carbocycles. The molecular formula is C11H9F3O4S. The van der Waals surface area contributed by atoms with Crippen molar-refractivity contribution < 1.29 is 31.1 Å². The van der Waals surface area contributed by atoms with E-state index in [0.29, 0.717) is 17.6 Å². The SMILES string of the molecule is COC(=O)/C=C/S(=O)(=O)c1ccccc1C(F)(F)F. The molecule has 0 radical (unpaired) electrons. The highest BCUT2D eigenvalue weighted by atomic mass is 32.2. The molecule has 0 atom stereocenters. The van der Waals surface area contributed by atoms with Gasteiger partial charge in [-0.1, -0.05) is 12.1 Å². The number of hydrogen-bond acceptors (Lipinski definition) is 4. The minimum Gasteiger partial charge on any atom is -0.466 e. The van der Waals surface area contributed by atoms with Crippen molar-refractivity contribution in [3.8, 4) is 0 Å². The highest BCUT2D eigenvalue weighted by Crippen LogP contribution is 2.34. The molecule has 0 aliphatic carbocycles. The van der Waals surface area contributed by atoms with Crippen molar-refractivity contribution in [1.29, 1.82) is 0 Å². The fourth-order valence-electron chi connectivity index (χ4n) is 1.24. The van der Waals surface area contributed by atoms with E-state index < -0.39 is 32.4 Å². The smallest absolute Gasteiger partial charge is 0.417 e. The maximum absolute atomic E-state index is 12.7. The van der Waals surface area contributed by atoms with Crippen LogP contribution in [-0.2, 0) is 25.5 Å². The molecule has 0 fully saturated rings. The number of ether oxygens (including phenoxy) is 1. The highest BCUT2D eigenvalue weighted by Gasteiger charge is 2.36. The number of sulfone groups is 1. The van der Waals surface area contributed by atoms with Crippen molar-refractivity contribution in [2.24, 2.45) is 0 Å². The van der Waals surface area contributed by atoms with Gasteiger partial charge in [0.2, 0.25) is 9.84 Å². The van der Waals surface area contributed by atoms with E-state index in [9.17, 15) is 26.4 Å². The third-order valence-electron chi connectivity index (χ3n) is 2.08. The normalized spacial score (nSPS) is 12.6. The summed E-state index contributed by atoms with van der Waals surface area (Å²) in [5.74, 6) is -0.979. The number of methoxy groups -OCH3 is 1. The van der Waals surface area contributed by atoms with Crippen LogP contribution in [0.1, 0.15) is 5.56 Å². The van der Waals surface area contributed by atoms with E-state index in [1.165, 1.54) is 0 Å². The van der Waals surface area contributed by atoms with Crippen LogP contribution < -0.4 is 0 Å². The number of halogens is 3. The van der Waals surface area contributed by atoms with Gasteiger partial charge in [0.15, 0.2) is 0 Å². The molecule has 1 aromatic rings. The summed E-state index contributed by atoms with van der Waals surface area (Å²) < 4.78 is 65.6. The van der Waals surface area contributed by atoms with Crippen molar-refractivity contribution in [1.82, 2.24) is 0 Å².